The minimum Gasteiger partial charge on any atom is -0.361 e. The molecule has 1 aliphatic heterocycles. The Hall–Kier alpha value is -2.63. The number of urea groups is 1. The van der Waals surface area contributed by atoms with Crippen LogP contribution in [0.15, 0.2) is 36.8 Å². The van der Waals surface area contributed by atoms with Crippen LogP contribution in [0.5, 0.6) is 0 Å². The van der Waals surface area contributed by atoms with Gasteiger partial charge in [-0.15, -0.1) is 0 Å². The maximum absolute atomic E-state index is 12.6. The third-order valence-electron chi connectivity index (χ3n) is 4.06. The van der Waals surface area contributed by atoms with Crippen LogP contribution >= 0.6 is 0 Å². The molecule has 0 radical (unpaired) electrons. The van der Waals surface area contributed by atoms with Crippen molar-refractivity contribution in [3.05, 3.63) is 47.9 Å². The number of hydrogen-bond acceptors (Lipinski definition) is 4. The number of nitrogens with zero attached hydrogens (tertiary/aromatic N) is 4. The lowest BCUT2D eigenvalue weighted by Gasteiger charge is -2.22. The molecule has 0 atom stereocenters. The smallest absolute Gasteiger partial charge is 0.322 e. The largest absolute Gasteiger partial charge is 0.361 e. The first-order valence-electron chi connectivity index (χ1n) is 7.75. The molecule has 0 saturated carbocycles. The van der Waals surface area contributed by atoms with Crippen molar-refractivity contribution in [2.75, 3.05) is 37.4 Å². The Bertz CT molecular complexity index is 674. The molecule has 1 aliphatic rings. The van der Waals surface area contributed by atoms with Crippen LogP contribution in [0.3, 0.4) is 0 Å². The van der Waals surface area contributed by atoms with E-state index in [2.05, 4.69) is 39.6 Å². The molecule has 0 fully saturated rings. The molecule has 6 nitrogen and oxygen atoms in total. The standard InChI is InChI=1S/C17H21N5O/c1-21(2)16-15(11-18-12-19-16)20-17(23)22-9-7-13-5-3-4-6-14(13)8-10-22/h3-6,11-12H,7-10H2,1-2H3,(H,20,23). The van der Waals surface area contributed by atoms with Crippen LogP contribution < -0.4 is 10.2 Å². The van der Waals surface area contributed by atoms with E-state index in [1.807, 2.05) is 23.9 Å². The quantitative estimate of drug-likeness (QED) is 0.923. The van der Waals surface area contributed by atoms with E-state index in [1.54, 1.807) is 6.20 Å². The number of hydrogen-bond donors (Lipinski definition) is 1. The van der Waals surface area contributed by atoms with Gasteiger partial charge < -0.3 is 15.1 Å². The van der Waals surface area contributed by atoms with Crippen LogP contribution in [0.1, 0.15) is 11.1 Å². The van der Waals surface area contributed by atoms with E-state index in [-0.39, 0.29) is 6.03 Å². The molecule has 0 unspecified atom stereocenters. The predicted octanol–water partition coefficient (Wildman–Crippen LogP) is 2.18. The molecule has 23 heavy (non-hydrogen) atoms. The molecule has 2 amide bonds. The zero-order valence-corrected chi connectivity index (χ0v) is 13.5. The van der Waals surface area contributed by atoms with Gasteiger partial charge in [0.15, 0.2) is 5.82 Å². The fraction of sp³-hybridized carbons (Fsp3) is 0.353. The van der Waals surface area contributed by atoms with Gasteiger partial charge in [0.2, 0.25) is 0 Å². The molecule has 2 heterocycles. The summed E-state index contributed by atoms with van der Waals surface area (Å²) in [5, 5.41) is 2.94. The van der Waals surface area contributed by atoms with E-state index in [9.17, 15) is 4.79 Å². The zero-order valence-electron chi connectivity index (χ0n) is 13.5. The van der Waals surface area contributed by atoms with E-state index < -0.39 is 0 Å². The lowest BCUT2D eigenvalue weighted by Crippen LogP contribution is -2.37. The van der Waals surface area contributed by atoms with Gasteiger partial charge in [0, 0.05) is 27.2 Å². The fourth-order valence-corrected chi connectivity index (χ4v) is 2.83. The number of carbonyl (C=O) groups excluding carboxylic acids is 1. The molecule has 120 valence electrons. The minimum atomic E-state index is -0.101. The number of fused-ring (bicyclic) bond motifs is 1. The molecule has 2 aromatic rings. The molecule has 1 aromatic carbocycles. The lowest BCUT2D eigenvalue weighted by atomic mass is 10.0. The second kappa shape index (κ2) is 6.64. The second-order valence-electron chi connectivity index (χ2n) is 5.84. The highest BCUT2D eigenvalue weighted by molar-refractivity contribution is 5.92. The molecular weight excluding hydrogens is 290 g/mol. The third kappa shape index (κ3) is 3.41. The van der Waals surface area contributed by atoms with Gasteiger partial charge in [-0.1, -0.05) is 24.3 Å². The van der Waals surface area contributed by atoms with Gasteiger partial charge in [-0.2, -0.15) is 0 Å². The summed E-state index contributed by atoms with van der Waals surface area (Å²) >= 11 is 0. The normalized spacial score (nSPS) is 13.9. The topological polar surface area (TPSA) is 61.4 Å². The van der Waals surface area contributed by atoms with Crippen molar-refractivity contribution in [2.24, 2.45) is 0 Å². The van der Waals surface area contributed by atoms with Crippen molar-refractivity contribution in [1.29, 1.82) is 0 Å². The molecule has 3 rings (SSSR count). The first kappa shape index (κ1) is 15.3. The van der Waals surface area contributed by atoms with Crippen LogP contribution in [0.2, 0.25) is 0 Å². The van der Waals surface area contributed by atoms with Gasteiger partial charge >= 0.3 is 6.03 Å². The fourth-order valence-electron chi connectivity index (χ4n) is 2.83. The van der Waals surface area contributed by atoms with Crippen molar-refractivity contribution in [2.45, 2.75) is 12.8 Å². The molecular formula is C17H21N5O. The number of anilines is 2. The second-order valence-corrected chi connectivity index (χ2v) is 5.84. The predicted molar refractivity (Wildman–Crippen MR) is 90.8 cm³/mol. The average Bonchev–Trinajstić information content (AvgIpc) is 2.78. The summed E-state index contributed by atoms with van der Waals surface area (Å²) < 4.78 is 0. The summed E-state index contributed by atoms with van der Waals surface area (Å²) in [5.74, 6) is 0.700. The van der Waals surface area contributed by atoms with Gasteiger partial charge in [-0.05, 0) is 24.0 Å². The van der Waals surface area contributed by atoms with Crippen molar-refractivity contribution >= 4 is 17.5 Å². The summed E-state index contributed by atoms with van der Waals surface area (Å²) in [4.78, 5) is 24.5. The van der Waals surface area contributed by atoms with E-state index >= 15 is 0 Å². The molecule has 0 spiro atoms. The minimum absolute atomic E-state index is 0.101. The molecule has 1 N–H and O–H groups in total. The lowest BCUT2D eigenvalue weighted by molar-refractivity contribution is 0.214. The Morgan fingerprint density at radius 2 is 1.83 bits per heavy atom. The Labute approximate surface area is 136 Å². The summed E-state index contributed by atoms with van der Waals surface area (Å²) in [5.41, 5.74) is 3.30. The summed E-state index contributed by atoms with van der Waals surface area (Å²) in [6, 6.07) is 8.30. The summed E-state index contributed by atoms with van der Waals surface area (Å²) in [6.45, 7) is 1.43. The number of carbonyl (C=O) groups is 1. The van der Waals surface area contributed by atoms with E-state index in [0.717, 1.165) is 12.8 Å². The van der Waals surface area contributed by atoms with E-state index in [4.69, 9.17) is 0 Å². The van der Waals surface area contributed by atoms with Gasteiger partial charge in [-0.25, -0.2) is 14.8 Å². The number of aromatic nitrogens is 2. The summed E-state index contributed by atoms with van der Waals surface area (Å²) in [6.07, 6.45) is 4.88. The van der Waals surface area contributed by atoms with Crippen LogP contribution in [0, 0.1) is 0 Å². The van der Waals surface area contributed by atoms with E-state index in [1.165, 1.54) is 17.5 Å². The number of amides is 2. The van der Waals surface area contributed by atoms with Gasteiger partial charge in [0.05, 0.1) is 6.20 Å². The first-order valence-corrected chi connectivity index (χ1v) is 7.75. The maximum atomic E-state index is 12.6. The SMILES string of the molecule is CN(C)c1ncncc1NC(=O)N1CCc2ccccc2CC1. The van der Waals surface area contributed by atoms with Crippen molar-refractivity contribution in [1.82, 2.24) is 14.9 Å². The maximum Gasteiger partial charge on any atom is 0.322 e. The highest BCUT2D eigenvalue weighted by Crippen LogP contribution is 2.21. The molecule has 0 aliphatic carbocycles. The van der Waals surface area contributed by atoms with Crippen LogP contribution in [0.25, 0.3) is 0 Å². The Morgan fingerprint density at radius 3 is 2.43 bits per heavy atom. The number of nitrogens with one attached hydrogen (secondary N) is 1. The van der Waals surface area contributed by atoms with E-state index in [0.29, 0.717) is 24.6 Å². The van der Waals surface area contributed by atoms with Crippen molar-refractivity contribution in [3.63, 3.8) is 0 Å². The Morgan fingerprint density at radius 1 is 1.17 bits per heavy atom. The van der Waals surface area contributed by atoms with Gasteiger partial charge in [0.1, 0.15) is 12.0 Å². The highest BCUT2D eigenvalue weighted by atomic mass is 16.2. The molecule has 0 bridgehead atoms. The molecule has 0 saturated heterocycles. The molecule has 6 heteroatoms. The monoisotopic (exact) mass is 311 g/mol. The molecule has 1 aromatic heterocycles. The zero-order chi connectivity index (χ0) is 16.2. The first-order chi connectivity index (χ1) is 11.1. The number of benzene rings is 1. The Balaban J connectivity index is 1.70. The van der Waals surface area contributed by atoms with Gasteiger partial charge in [-0.3, -0.25) is 0 Å². The Kier molecular flexibility index (Phi) is 4.41. The average molecular weight is 311 g/mol. The van der Waals surface area contributed by atoms with Crippen LogP contribution in [0.4, 0.5) is 16.3 Å². The van der Waals surface area contributed by atoms with Crippen molar-refractivity contribution in [3.8, 4) is 0 Å². The third-order valence-corrected chi connectivity index (χ3v) is 4.06. The number of rotatable bonds is 2. The summed E-state index contributed by atoms with van der Waals surface area (Å²) in [7, 11) is 3.78. The van der Waals surface area contributed by atoms with Gasteiger partial charge in [0.25, 0.3) is 0 Å². The van der Waals surface area contributed by atoms with Crippen LogP contribution in [-0.2, 0) is 12.8 Å². The van der Waals surface area contributed by atoms with Crippen LogP contribution in [-0.4, -0.2) is 48.1 Å². The van der Waals surface area contributed by atoms with Crippen molar-refractivity contribution < 1.29 is 4.79 Å². The highest BCUT2D eigenvalue weighted by Gasteiger charge is 2.19.